The van der Waals surface area contributed by atoms with Crippen LogP contribution in [0.2, 0.25) is 0 Å². The van der Waals surface area contributed by atoms with Crippen molar-refractivity contribution in [1.82, 2.24) is 0 Å². The molecule has 0 aliphatic rings. The van der Waals surface area contributed by atoms with Crippen LogP contribution in [0.25, 0.3) is 0 Å². The van der Waals surface area contributed by atoms with Gasteiger partial charge in [0.2, 0.25) is 0 Å². The number of halogens is 3. The highest BCUT2D eigenvalue weighted by Gasteiger charge is 2.28. The molecule has 0 rings (SSSR count). The third-order valence-electron chi connectivity index (χ3n) is 1.77. The van der Waals surface area contributed by atoms with E-state index in [4.69, 9.17) is 9.84 Å². The molecule has 0 bridgehead atoms. The van der Waals surface area contributed by atoms with Crippen LogP contribution >= 0.6 is 0 Å². The molecule has 18 heavy (non-hydrogen) atoms. The average Bonchev–Trinajstić information content (AvgIpc) is 2.06. The molecule has 0 heterocycles. The van der Waals surface area contributed by atoms with Gasteiger partial charge in [-0.1, -0.05) is 0 Å². The second-order valence-corrected chi connectivity index (χ2v) is 4.73. The molecule has 0 radical (unpaired) electrons. The molecule has 0 amide bonds. The number of hydrogen-bond acceptors (Lipinski definition) is 3. The summed E-state index contributed by atoms with van der Waals surface area (Å²) >= 11 is 0. The fourth-order valence-corrected chi connectivity index (χ4v) is 1.11. The lowest BCUT2D eigenvalue weighted by Crippen LogP contribution is -2.26. The third kappa shape index (κ3) is 9.00. The number of aliphatic hydroxyl groups excluding tert-OH is 1. The van der Waals surface area contributed by atoms with Crippen molar-refractivity contribution in [2.24, 2.45) is 0 Å². The molecule has 1 atom stereocenters. The van der Waals surface area contributed by atoms with Crippen LogP contribution in [0.1, 0.15) is 33.6 Å². The van der Waals surface area contributed by atoms with Gasteiger partial charge in [0.1, 0.15) is 0 Å². The highest BCUT2D eigenvalue weighted by molar-refractivity contribution is 5.86. The SMILES string of the molecule is CC(C)(C)OC(O)/C=C(\CCC(F)(F)F)C(=O)O. The van der Waals surface area contributed by atoms with Gasteiger partial charge in [-0.3, -0.25) is 0 Å². The Morgan fingerprint density at radius 3 is 2.17 bits per heavy atom. The van der Waals surface area contributed by atoms with E-state index in [-0.39, 0.29) is 0 Å². The summed E-state index contributed by atoms with van der Waals surface area (Å²) in [7, 11) is 0. The number of ether oxygens (including phenoxy) is 1. The predicted molar refractivity (Wildman–Crippen MR) is 57.9 cm³/mol. The number of carboxylic acids is 1. The third-order valence-corrected chi connectivity index (χ3v) is 1.77. The molecule has 0 aromatic carbocycles. The number of carbonyl (C=O) groups is 1. The zero-order valence-corrected chi connectivity index (χ0v) is 10.4. The Morgan fingerprint density at radius 2 is 1.83 bits per heavy atom. The lowest BCUT2D eigenvalue weighted by Gasteiger charge is -2.22. The summed E-state index contributed by atoms with van der Waals surface area (Å²) in [4.78, 5) is 10.7. The standard InChI is InChI=1S/C11H17F3O4/c1-10(2,3)18-8(15)6-7(9(16)17)4-5-11(12,13)14/h6,8,15H,4-5H2,1-3H3,(H,16,17)/b7-6+. The van der Waals surface area contributed by atoms with E-state index in [1.54, 1.807) is 20.8 Å². The van der Waals surface area contributed by atoms with Gasteiger partial charge in [-0.15, -0.1) is 0 Å². The monoisotopic (exact) mass is 270 g/mol. The van der Waals surface area contributed by atoms with Crippen LogP contribution < -0.4 is 0 Å². The average molecular weight is 270 g/mol. The van der Waals surface area contributed by atoms with Crippen molar-refractivity contribution >= 4 is 5.97 Å². The molecule has 0 aliphatic heterocycles. The van der Waals surface area contributed by atoms with E-state index in [1.807, 2.05) is 0 Å². The van der Waals surface area contributed by atoms with Gasteiger partial charge in [-0.25, -0.2) is 4.79 Å². The fraction of sp³-hybridized carbons (Fsp3) is 0.727. The van der Waals surface area contributed by atoms with Gasteiger partial charge in [-0.2, -0.15) is 13.2 Å². The Bertz CT molecular complexity index is 315. The maximum absolute atomic E-state index is 12.0. The predicted octanol–water partition coefficient (Wildman–Crippen LogP) is 2.47. The number of carboxylic acid groups (broad SMARTS) is 1. The first-order valence-electron chi connectivity index (χ1n) is 5.27. The Balaban J connectivity index is 4.64. The number of hydrogen-bond donors (Lipinski definition) is 2. The van der Waals surface area contributed by atoms with Crippen LogP contribution in [-0.4, -0.2) is 34.2 Å². The first-order chi connectivity index (χ1) is 7.91. The van der Waals surface area contributed by atoms with E-state index < -0.39 is 42.5 Å². The normalized spacial score (nSPS) is 15.6. The van der Waals surface area contributed by atoms with Crippen molar-refractivity contribution in [3.05, 3.63) is 11.6 Å². The summed E-state index contributed by atoms with van der Waals surface area (Å²) in [5.41, 5.74) is -1.26. The Hall–Kier alpha value is -1.08. The number of aliphatic carboxylic acids is 1. The second kappa shape index (κ2) is 6.19. The van der Waals surface area contributed by atoms with Crippen molar-refractivity contribution in [2.75, 3.05) is 0 Å². The summed E-state index contributed by atoms with van der Waals surface area (Å²) in [6, 6.07) is 0. The molecular formula is C11H17F3O4. The lowest BCUT2D eigenvalue weighted by atomic mass is 10.1. The van der Waals surface area contributed by atoms with E-state index in [0.717, 1.165) is 6.08 Å². The first-order valence-corrected chi connectivity index (χ1v) is 5.27. The van der Waals surface area contributed by atoms with E-state index in [9.17, 15) is 23.1 Å². The second-order valence-electron chi connectivity index (χ2n) is 4.73. The van der Waals surface area contributed by atoms with Gasteiger partial charge >= 0.3 is 12.1 Å². The van der Waals surface area contributed by atoms with Crippen LogP contribution in [0.5, 0.6) is 0 Å². The summed E-state index contributed by atoms with van der Waals surface area (Å²) in [5, 5.41) is 18.1. The Morgan fingerprint density at radius 1 is 1.33 bits per heavy atom. The molecule has 0 spiro atoms. The molecule has 0 aromatic rings. The number of rotatable bonds is 5. The first kappa shape index (κ1) is 16.9. The van der Waals surface area contributed by atoms with Gasteiger partial charge in [0, 0.05) is 12.0 Å². The van der Waals surface area contributed by atoms with Crippen LogP contribution in [0.15, 0.2) is 11.6 Å². The minimum Gasteiger partial charge on any atom is -0.478 e. The molecule has 0 saturated carbocycles. The van der Waals surface area contributed by atoms with Crippen LogP contribution in [-0.2, 0) is 9.53 Å². The minimum atomic E-state index is -4.44. The van der Waals surface area contributed by atoms with Crippen LogP contribution in [0.4, 0.5) is 13.2 Å². The molecule has 4 nitrogen and oxygen atoms in total. The maximum Gasteiger partial charge on any atom is 0.389 e. The van der Waals surface area contributed by atoms with E-state index in [0.29, 0.717) is 0 Å². The Labute approximate surface area is 103 Å². The molecule has 0 fully saturated rings. The Kier molecular flexibility index (Phi) is 5.82. The van der Waals surface area contributed by atoms with Gasteiger partial charge in [0.15, 0.2) is 6.29 Å². The van der Waals surface area contributed by atoms with Crippen molar-refractivity contribution in [2.45, 2.75) is 51.7 Å². The zero-order chi connectivity index (χ0) is 14.6. The number of aliphatic hydroxyl groups is 1. The topological polar surface area (TPSA) is 66.8 Å². The highest BCUT2D eigenvalue weighted by Crippen LogP contribution is 2.24. The van der Waals surface area contributed by atoms with Crippen molar-refractivity contribution in [3.63, 3.8) is 0 Å². The fourth-order valence-electron chi connectivity index (χ4n) is 1.11. The van der Waals surface area contributed by atoms with E-state index >= 15 is 0 Å². The largest absolute Gasteiger partial charge is 0.478 e. The molecular weight excluding hydrogens is 253 g/mol. The lowest BCUT2D eigenvalue weighted by molar-refractivity contribution is -0.144. The van der Waals surface area contributed by atoms with Crippen molar-refractivity contribution in [1.29, 1.82) is 0 Å². The highest BCUT2D eigenvalue weighted by atomic mass is 19.4. The van der Waals surface area contributed by atoms with E-state index in [1.165, 1.54) is 0 Å². The summed E-state index contributed by atoms with van der Waals surface area (Å²) in [5.74, 6) is -1.50. The van der Waals surface area contributed by atoms with E-state index in [2.05, 4.69) is 0 Å². The van der Waals surface area contributed by atoms with Crippen molar-refractivity contribution < 1.29 is 32.9 Å². The van der Waals surface area contributed by atoms with Gasteiger partial charge < -0.3 is 14.9 Å². The maximum atomic E-state index is 12.0. The summed E-state index contributed by atoms with van der Waals surface area (Å²) in [6.45, 7) is 4.88. The molecule has 2 N–H and O–H groups in total. The number of alkyl halides is 3. The van der Waals surface area contributed by atoms with Crippen LogP contribution in [0.3, 0.4) is 0 Å². The van der Waals surface area contributed by atoms with Crippen LogP contribution in [0, 0.1) is 0 Å². The smallest absolute Gasteiger partial charge is 0.389 e. The van der Waals surface area contributed by atoms with Gasteiger partial charge in [-0.05, 0) is 33.3 Å². The molecule has 0 aromatic heterocycles. The summed E-state index contributed by atoms with van der Waals surface area (Å²) < 4.78 is 40.9. The molecule has 106 valence electrons. The van der Waals surface area contributed by atoms with Gasteiger partial charge in [0.25, 0.3) is 0 Å². The quantitative estimate of drug-likeness (QED) is 0.595. The molecule has 1 unspecified atom stereocenters. The minimum absolute atomic E-state index is 0.524. The molecule has 7 heteroatoms. The summed E-state index contributed by atoms with van der Waals surface area (Å²) in [6.07, 6.45) is -7.18. The van der Waals surface area contributed by atoms with Gasteiger partial charge in [0.05, 0.1) is 5.60 Å². The van der Waals surface area contributed by atoms with Crippen molar-refractivity contribution in [3.8, 4) is 0 Å². The molecule has 0 saturated heterocycles. The zero-order valence-electron chi connectivity index (χ0n) is 10.4. The molecule has 0 aliphatic carbocycles.